The van der Waals surface area contributed by atoms with E-state index < -0.39 is 11.5 Å². The number of carbonyl (C=O) groups excluding carboxylic acids is 1. The summed E-state index contributed by atoms with van der Waals surface area (Å²) in [6.07, 6.45) is 1.91. The van der Waals surface area contributed by atoms with Gasteiger partial charge in [-0.1, -0.05) is 0 Å². The number of hydrogen-bond donors (Lipinski definition) is 1. The van der Waals surface area contributed by atoms with Gasteiger partial charge in [-0.3, -0.25) is 0 Å². The van der Waals surface area contributed by atoms with Gasteiger partial charge in [-0.15, -0.1) is 0 Å². The first-order valence-corrected chi connectivity index (χ1v) is 3.31. The Hall–Kier alpha value is -0.570. The van der Waals surface area contributed by atoms with Crippen molar-refractivity contribution in [3.63, 3.8) is 0 Å². The summed E-state index contributed by atoms with van der Waals surface area (Å²) in [4.78, 5) is 10.4. The number of carboxylic acid groups (broad SMARTS) is 1. The van der Waals surface area contributed by atoms with Crippen LogP contribution in [-0.2, 0) is 4.79 Å². The molecule has 0 unspecified atom stereocenters. The van der Waals surface area contributed by atoms with Gasteiger partial charge in [-0.05, 0) is 0 Å². The third kappa shape index (κ3) is 0.477. The molecule has 2 rings (SSSR count). The molecule has 0 aromatic heterocycles. The van der Waals surface area contributed by atoms with E-state index in [9.17, 15) is 9.90 Å². The molecule has 2 aliphatic rings. The molecule has 0 radical (unpaired) electrons. The van der Waals surface area contributed by atoms with Crippen LogP contribution in [0.2, 0.25) is 0 Å². The van der Waals surface area contributed by atoms with Crippen molar-refractivity contribution in [1.82, 2.24) is 0 Å². The predicted molar refractivity (Wildman–Crippen MR) is 27.3 cm³/mol. The van der Waals surface area contributed by atoms with Crippen LogP contribution in [0.4, 0.5) is 0 Å². The Morgan fingerprint density at radius 3 is 2.78 bits per heavy atom. The van der Waals surface area contributed by atoms with Crippen LogP contribution in [0.15, 0.2) is 0 Å². The second kappa shape index (κ2) is 1.29. The molecule has 1 heterocycles. The minimum atomic E-state index is -0.856. The maximum atomic E-state index is 10.4. The molecule has 0 aromatic rings. The fraction of sp³-hybridized carbons (Fsp3) is 0.833. The van der Waals surface area contributed by atoms with Crippen molar-refractivity contribution >= 4 is 5.97 Å². The lowest BCUT2D eigenvalue weighted by Crippen LogP contribution is -2.93. The van der Waals surface area contributed by atoms with Gasteiger partial charge in [-0.25, -0.2) is 0 Å². The van der Waals surface area contributed by atoms with Crippen LogP contribution in [-0.4, -0.2) is 18.1 Å². The number of fused-ring (bicyclic) bond motifs is 1. The number of nitrogens with two attached hydrogens (primary N) is 1. The smallest absolute Gasteiger partial charge is 0.140 e. The predicted octanol–water partition coefficient (Wildman–Crippen LogP) is -2.54. The van der Waals surface area contributed by atoms with Gasteiger partial charge in [0.25, 0.3) is 0 Å². The summed E-state index contributed by atoms with van der Waals surface area (Å²) < 4.78 is 0. The molecule has 1 aliphatic heterocycles. The molecule has 0 aromatic carbocycles. The first-order valence-electron chi connectivity index (χ1n) is 3.31. The van der Waals surface area contributed by atoms with Crippen LogP contribution in [0.3, 0.4) is 0 Å². The molecule has 3 heteroatoms. The number of quaternary nitrogens is 1. The highest BCUT2D eigenvalue weighted by Gasteiger charge is 2.63. The molecule has 2 fully saturated rings. The number of carbonyl (C=O) groups is 1. The Bertz CT molecular complexity index is 168. The van der Waals surface area contributed by atoms with Crippen molar-refractivity contribution in [2.24, 2.45) is 5.92 Å². The number of piperidine rings is 1. The van der Waals surface area contributed by atoms with Crippen LogP contribution in [0, 0.1) is 5.92 Å². The molecular weight excluding hydrogens is 118 g/mol. The van der Waals surface area contributed by atoms with Gasteiger partial charge in [0, 0.05) is 18.8 Å². The minimum absolute atomic E-state index is 0.433. The SMILES string of the molecule is O=C([O-])[C@@]12C[C@@H]1CC[NH2+]2. The number of aliphatic carboxylic acids is 1. The van der Waals surface area contributed by atoms with Gasteiger partial charge in [-0.2, -0.15) is 0 Å². The lowest BCUT2D eigenvalue weighted by atomic mass is 10.2. The molecule has 2 N–H and O–H groups in total. The molecule has 1 aliphatic carbocycles. The summed E-state index contributed by atoms with van der Waals surface area (Å²) >= 11 is 0. The summed E-state index contributed by atoms with van der Waals surface area (Å²) in [5, 5.41) is 12.3. The fourth-order valence-corrected chi connectivity index (χ4v) is 1.83. The molecule has 3 nitrogen and oxygen atoms in total. The maximum Gasteiger partial charge on any atom is 0.140 e. The minimum Gasteiger partial charge on any atom is -0.544 e. The summed E-state index contributed by atoms with van der Waals surface area (Å²) in [5.74, 6) is -0.424. The summed E-state index contributed by atoms with van der Waals surface area (Å²) in [5.41, 5.74) is -0.458. The highest BCUT2D eigenvalue weighted by molar-refractivity contribution is 5.79. The van der Waals surface area contributed by atoms with Gasteiger partial charge < -0.3 is 15.2 Å². The zero-order chi connectivity index (χ0) is 6.48. The van der Waals surface area contributed by atoms with E-state index >= 15 is 0 Å². The van der Waals surface area contributed by atoms with Crippen LogP contribution in [0.25, 0.3) is 0 Å². The summed E-state index contributed by atoms with van der Waals surface area (Å²) in [6.45, 7) is 0.971. The van der Waals surface area contributed by atoms with Crippen LogP contribution >= 0.6 is 0 Å². The lowest BCUT2D eigenvalue weighted by molar-refractivity contribution is -0.684. The van der Waals surface area contributed by atoms with Gasteiger partial charge in [0.2, 0.25) is 0 Å². The Morgan fingerprint density at radius 2 is 2.56 bits per heavy atom. The van der Waals surface area contributed by atoms with Gasteiger partial charge in [0.15, 0.2) is 0 Å². The highest BCUT2D eigenvalue weighted by atomic mass is 16.4. The number of hydrogen-bond acceptors (Lipinski definition) is 2. The van der Waals surface area contributed by atoms with E-state index in [4.69, 9.17) is 0 Å². The highest BCUT2D eigenvalue weighted by Crippen LogP contribution is 2.44. The first-order chi connectivity index (χ1) is 4.26. The zero-order valence-corrected chi connectivity index (χ0v) is 5.09. The Kier molecular flexibility index (Phi) is 0.750. The van der Waals surface area contributed by atoms with Crippen LogP contribution in [0.1, 0.15) is 12.8 Å². The Balaban J connectivity index is 2.19. The largest absolute Gasteiger partial charge is 0.544 e. The van der Waals surface area contributed by atoms with Crippen molar-refractivity contribution < 1.29 is 15.2 Å². The van der Waals surface area contributed by atoms with E-state index in [0.717, 1.165) is 19.4 Å². The van der Waals surface area contributed by atoms with Crippen LogP contribution in [0.5, 0.6) is 0 Å². The fourth-order valence-electron chi connectivity index (χ4n) is 1.83. The molecule has 0 spiro atoms. The van der Waals surface area contributed by atoms with Crippen LogP contribution < -0.4 is 10.4 Å². The van der Waals surface area contributed by atoms with Crippen molar-refractivity contribution in [2.45, 2.75) is 18.4 Å². The van der Waals surface area contributed by atoms with Gasteiger partial charge in [0.1, 0.15) is 11.5 Å². The van der Waals surface area contributed by atoms with Crippen molar-refractivity contribution in [3.8, 4) is 0 Å². The summed E-state index contributed by atoms with van der Waals surface area (Å²) in [6, 6.07) is 0. The van der Waals surface area contributed by atoms with E-state index in [1.54, 1.807) is 0 Å². The third-order valence-corrected chi connectivity index (χ3v) is 2.56. The van der Waals surface area contributed by atoms with E-state index in [1.807, 2.05) is 5.32 Å². The second-order valence-electron chi connectivity index (χ2n) is 3.01. The Labute approximate surface area is 53.1 Å². The van der Waals surface area contributed by atoms with E-state index in [-0.39, 0.29) is 0 Å². The normalized spacial score (nSPS) is 46.4. The standard InChI is InChI=1S/C6H9NO2/c8-5(9)6-3-4(6)1-2-7-6/h4,7H,1-3H2,(H,8,9)/t4-,6+/m0/s1. The van der Waals surface area contributed by atoms with Crippen molar-refractivity contribution in [1.29, 1.82) is 0 Å². The average molecular weight is 127 g/mol. The molecule has 0 bridgehead atoms. The van der Waals surface area contributed by atoms with Gasteiger partial charge >= 0.3 is 0 Å². The molecular formula is C6H9NO2. The maximum absolute atomic E-state index is 10.4. The van der Waals surface area contributed by atoms with E-state index in [1.165, 1.54) is 0 Å². The average Bonchev–Trinajstić information content (AvgIpc) is 2.38. The molecule has 1 saturated heterocycles. The number of rotatable bonds is 1. The monoisotopic (exact) mass is 127 g/mol. The topological polar surface area (TPSA) is 56.7 Å². The third-order valence-electron chi connectivity index (χ3n) is 2.56. The van der Waals surface area contributed by atoms with Crippen molar-refractivity contribution in [3.05, 3.63) is 0 Å². The summed E-state index contributed by atoms with van der Waals surface area (Å²) in [7, 11) is 0. The zero-order valence-electron chi connectivity index (χ0n) is 5.09. The molecule has 2 atom stereocenters. The second-order valence-corrected chi connectivity index (χ2v) is 3.01. The number of carboxylic acids is 1. The quantitative estimate of drug-likeness (QED) is 0.422. The van der Waals surface area contributed by atoms with E-state index in [0.29, 0.717) is 5.92 Å². The molecule has 1 saturated carbocycles. The van der Waals surface area contributed by atoms with Crippen molar-refractivity contribution in [2.75, 3.05) is 6.54 Å². The molecule has 9 heavy (non-hydrogen) atoms. The first kappa shape index (κ1) is 5.23. The Morgan fingerprint density at radius 1 is 1.78 bits per heavy atom. The molecule has 0 amide bonds. The van der Waals surface area contributed by atoms with E-state index in [2.05, 4.69) is 0 Å². The molecule has 50 valence electrons. The lowest BCUT2D eigenvalue weighted by Gasteiger charge is -2.09. The van der Waals surface area contributed by atoms with Gasteiger partial charge in [0.05, 0.1) is 6.54 Å².